The third-order valence-electron chi connectivity index (χ3n) is 3.20. The summed E-state index contributed by atoms with van der Waals surface area (Å²) in [7, 11) is 0. The summed E-state index contributed by atoms with van der Waals surface area (Å²) in [5.41, 5.74) is 9.16. The predicted molar refractivity (Wildman–Crippen MR) is 88.5 cm³/mol. The Morgan fingerprint density at radius 2 is 1.68 bits per heavy atom. The number of benzene rings is 2. The molecular formula is C18H15N3O. The van der Waals surface area contributed by atoms with Gasteiger partial charge >= 0.3 is 0 Å². The smallest absolute Gasteiger partial charge is 0.274 e. The minimum absolute atomic E-state index is 0.239. The highest BCUT2D eigenvalue weighted by molar-refractivity contribution is 6.03. The minimum Gasteiger partial charge on any atom is -0.399 e. The summed E-state index contributed by atoms with van der Waals surface area (Å²) >= 11 is 0. The van der Waals surface area contributed by atoms with E-state index in [1.807, 2.05) is 66.7 Å². The van der Waals surface area contributed by atoms with Crippen LogP contribution in [0, 0.1) is 0 Å². The summed E-state index contributed by atoms with van der Waals surface area (Å²) < 4.78 is 0. The highest BCUT2D eigenvalue weighted by Crippen LogP contribution is 2.20. The Labute approximate surface area is 128 Å². The van der Waals surface area contributed by atoms with Gasteiger partial charge in [0.25, 0.3) is 5.91 Å². The quantitative estimate of drug-likeness (QED) is 0.724. The van der Waals surface area contributed by atoms with Crippen LogP contribution in [-0.2, 0) is 0 Å². The van der Waals surface area contributed by atoms with Gasteiger partial charge in [-0.2, -0.15) is 0 Å². The molecule has 1 amide bonds. The highest BCUT2D eigenvalue weighted by Gasteiger charge is 2.09. The molecule has 0 fully saturated rings. The van der Waals surface area contributed by atoms with Gasteiger partial charge in [-0.1, -0.05) is 36.4 Å². The molecule has 1 heterocycles. The maximum atomic E-state index is 12.3. The Bertz CT molecular complexity index is 800. The molecule has 108 valence electrons. The van der Waals surface area contributed by atoms with Gasteiger partial charge in [0.15, 0.2) is 0 Å². The Hall–Kier alpha value is -3.14. The van der Waals surface area contributed by atoms with Crippen molar-refractivity contribution in [2.45, 2.75) is 0 Å². The molecule has 0 spiro atoms. The Kier molecular flexibility index (Phi) is 3.83. The third kappa shape index (κ3) is 3.12. The first kappa shape index (κ1) is 13.8. The third-order valence-corrected chi connectivity index (χ3v) is 3.20. The number of amides is 1. The van der Waals surface area contributed by atoms with E-state index in [0.717, 1.165) is 11.3 Å². The second kappa shape index (κ2) is 6.10. The molecule has 0 aliphatic heterocycles. The lowest BCUT2D eigenvalue weighted by Gasteiger charge is -2.07. The molecule has 0 saturated heterocycles. The van der Waals surface area contributed by atoms with Crippen molar-refractivity contribution in [2.24, 2.45) is 0 Å². The fourth-order valence-electron chi connectivity index (χ4n) is 2.14. The van der Waals surface area contributed by atoms with Crippen molar-refractivity contribution in [1.82, 2.24) is 4.98 Å². The summed E-state index contributed by atoms with van der Waals surface area (Å²) in [6, 6.07) is 22.1. The fraction of sp³-hybridized carbons (Fsp3) is 0. The standard InChI is InChI=1S/C18H15N3O/c19-14-7-4-6-13(12-14)16-10-5-11-17(21-16)18(22)20-15-8-2-1-3-9-15/h1-12H,19H2,(H,20,22). The summed E-state index contributed by atoms with van der Waals surface area (Å²) in [5.74, 6) is -0.239. The van der Waals surface area contributed by atoms with Crippen LogP contribution in [-0.4, -0.2) is 10.9 Å². The molecule has 0 aliphatic carbocycles. The number of aromatic nitrogens is 1. The maximum Gasteiger partial charge on any atom is 0.274 e. The number of pyridine rings is 1. The number of hydrogen-bond donors (Lipinski definition) is 2. The lowest BCUT2D eigenvalue weighted by Crippen LogP contribution is -2.13. The monoisotopic (exact) mass is 289 g/mol. The minimum atomic E-state index is -0.239. The van der Waals surface area contributed by atoms with Gasteiger partial charge in [0.1, 0.15) is 5.69 Å². The second-order valence-corrected chi connectivity index (χ2v) is 4.85. The van der Waals surface area contributed by atoms with Crippen molar-refractivity contribution in [3.63, 3.8) is 0 Å². The molecule has 4 heteroatoms. The van der Waals surface area contributed by atoms with Crippen LogP contribution in [0.1, 0.15) is 10.5 Å². The average molecular weight is 289 g/mol. The molecule has 3 N–H and O–H groups in total. The van der Waals surface area contributed by atoms with Gasteiger partial charge in [-0.25, -0.2) is 4.98 Å². The number of rotatable bonds is 3. The Morgan fingerprint density at radius 1 is 0.909 bits per heavy atom. The molecule has 0 bridgehead atoms. The van der Waals surface area contributed by atoms with Crippen molar-refractivity contribution in [1.29, 1.82) is 0 Å². The molecule has 3 aromatic rings. The van der Waals surface area contributed by atoms with Gasteiger partial charge in [0.2, 0.25) is 0 Å². The number of anilines is 2. The number of hydrogen-bond acceptors (Lipinski definition) is 3. The van der Waals surface area contributed by atoms with Crippen molar-refractivity contribution in [3.05, 3.63) is 78.5 Å². The number of nitrogens with two attached hydrogens (primary N) is 1. The van der Waals surface area contributed by atoms with Gasteiger partial charge < -0.3 is 11.1 Å². The summed E-state index contributed by atoms with van der Waals surface area (Å²) in [4.78, 5) is 16.7. The first-order valence-corrected chi connectivity index (χ1v) is 6.92. The van der Waals surface area contributed by atoms with Crippen LogP contribution in [0.15, 0.2) is 72.8 Å². The van der Waals surface area contributed by atoms with E-state index in [0.29, 0.717) is 17.1 Å². The molecule has 0 radical (unpaired) electrons. The molecule has 22 heavy (non-hydrogen) atoms. The molecule has 0 aliphatic rings. The van der Waals surface area contributed by atoms with E-state index in [4.69, 9.17) is 5.73 Å². The van der Waals surface area contributed by atoms with E-state index >= 15 is 0 Å². The molecule has 4 nitrogen and oxygen atoms in total. The molecule has 0 saturated carbocycles. The van der Waals surface area contributed by atoms with Crippen LogP contribution >= 0.6 is 0 Å². The zero-order chi connectivity index (χ0) is 15.4. The van der Waals surface area contributed by atoms with Crippen LogP contribution in [0.25, 0.3) is 11.3 Å². The molecule has 0 unspecified atom stereocenters. The van der Waals surface area contributed by atoms with Gasteiger partial charge in [-0.05, 0) is 36.4 Å². The topological polar surface area (TPSA) is 68.0 Å². The van der Waals surface area contributed by atoms with Crippen molar-refractivity contribution in [3.8, 4) is 11.3 Å². The van der Waals surface area contributed by atoms with Gasteiger partial charge in [0, 0.05) is 16.9 Å². The van der Waals surface area contributed by atoms with Crippen molar-refractivity contribution in [2.75, 3.05) is 11.1 Å². The van der Waals surface area contributed by atoms with Crippen molar-refractivity contribution < 1.29 is 4.79 Å². The number of nitrogens with one attached hydrogen (secondary N) is 1. The first-order chi connectivity index (χ1) is 10.7. The van der Waals surface area contributed by atoms with Crippen LogP contribution in [0.3, 0.4) is 0 Å². The maximum absolute atomic E-state index is 12.3. The van der Waals surface area contributed by atoms with E-state index in [1.165, 1.54) is 0 Å². The van der Waals surface area contributed by atoms with Gasteiger partial charge in [0.05, 0.1) is 5.69 Å². The largest absolute Gasteiger partial charge is 0.399 e. The van der Waals surface area contributed by atoms with Crippen LogP contribution in [0.4, 0.5) is 11.4 Å². The normalized spacial score (nSPS) is 10.2. The van der Waals surface area contributed by atoms with E-state index in [2.05, 4.69) is 10.3 Å². The van der Waals surface area contributed by atoms with Crippen molar-refractivity contribution >= 4 is 17.3 Å². The van der Waals surface area contributed by atoms with Crippen LogP contribution < -0.4 is 11.1 Å². The first-order valence-electron chi connectivity index (χ1n) is 6.92. The predicted octanol–water partition coefficient (Wildman–Crippen LogP) is 3.58. The fourth-order valence-corrected chi connectivity index (χ4v) is 2.14. The average Bonchev–Trinajstić information content (AvgIpc) is 2.56. The van der Waals surface area contributed by atoms with Crippen LogP contribution in [0.5, 0.6) is 0 Å². The number of nitrogens with zero attached hydrogens (tertiary/aromatic N) is 1. The summed E-state index contributed by atoms with van der Waals surface area (Å²) in [6.45, 7) is 0. The number of carbonyl (C=O) groups excluding carboxylic acids is 1. The van der Waals surface area contributed by atoms with Gasteiger partial charge in [-0.3, -0.25) is 4.79 Å². The zero-order valence-corrected chi connectivity index (χ0v) is 11.9. The van der Waals surface area contributed by atoms with Gasteiger partial charge in [-0.15, -0.1) is 0 Å². The Morgan fingerprint density at radius 3 is 2.45 bits per heavy atom. The van der Waals surface area contributed by atoms with Crippen LogP contribution in [0.2, 0.25) is 0 Å². The highest BCUT2D eigenvalue weighted by atomic mass is 16.1. The molecule has 1 aromatic heterocycles. The SMILES string of the molecule is Nc1cccc(-c2cccc(C(=O)Nc3ccccc3)n2)c1. The van der Waals surface area contributed by atoms with E-state index < -0.39 is 0 Å². The number of para-hydroxylation sites is 1. The molecule has 3 rings (SSSR count). The molecule has 2 aromatic carbocycles. The summed E-state index contributed by atoms with van der Waals surface area (Å²) in [5, 5.41) is 2.82. The molecule has 0 atom stereocenters. The van der Waals surface area contributed by atoms with E-state index in [-0.39, 0.29) is 5.91 Å². The van der Waals surface area contributed by atoms with E-state index in [9.17, 15) is 4.79 Å². The zero-order valence-electron chi connectivity index (χ0n) is 11.9. The summed E-state index contributed by atoms with van der Waals surface area (Å²) in [6.07, 6.45) is 0. The number of carbonyl (C=O) groups is 1. The molecular weight excluding hydrogens is 274 g/mol. The lowest BCUT2D eigenvalue weighted by atomic mass is 10.1. The Balaban J connectivity index is 1.86. The number of nitrogen functional groups attached to an aromatic ring is 1. The lowest BCUT2D eigenvalue weighted by molar-refractivity contribution is 0.102. The van der Waals surface area contributed by atoms with E-state index in [1.54, 1.807) is 6.07 Å². The second-order valence-electron chi connectivity index (χ2n) is 4.85.